The highest BCUT2D eigenvalue weighted by Crippen LogP contribution is 2.65. The van der Waals surface area contributed by atoms with Crippen molar-refractivity contribution < 1.29 is 9.90 Å². The molecule has 0 amide bonds. The molecule has 0 saturated heterocycles. The first-order valence-electron chi connectivity index (χ1n) is 7.51. The average Bonchev–Trinajstić information content (AvgIpc) is 2.37. The Labute approximate surface area is 133 Å². The van der Waals surface area contributed by atoms with Crippen LogP contribution in [0, 0.1) is 20.8 Å². The van der Waals surface area contributed by atoms with Crippen molar-refractivity contribution in [2.45, 2.75) is 43.9 Å². The summed E-state index contributed by atoms with van der Waals surface area (Å²) >= 11 is 2.33. The number of benzene rings is 1. The van der Waals surface area contributed by atoms with E-state index in [2.05, 4.69) is 46.9 Å². The molecule has 2 atom stereocenters. The van der Waals surface area contributed by atoms with Crippen molar-refractivity contribution >= 4 is 28.6 Å². The highest BCUT2D eigenvalue weighted by atomic mass is 127. The van der Waals surface area contributed by atoms with Crippen LogP contribution in [0.5, 0.6) is 0 Å². The first-order chi connectivity index (χ1) is 9.51. The minimum Gasteiger partial charge on any atom is -0.481 e. The van der Waals surface area contributed by atoms with Gasteiger partial charge in [0.1, 0.15) is 0 Å². The van der Waals surface area contributed by atoms with Gasteiger partial charge in [-0.1, -0.05) is 12.1 Å². The number of halogens is 1. The Balaban J connectivity index is 1.79. The van der Waals surface area contributed by atoms with E-state index in [4.69, 9.17) is 0 Å². The van der Waals surface area contributed by atoms with Crippen LogP contribution in [0.4, 0.5) is 0 Å². The molecule has 0 aliphatic heterocycles. The number of aliphatic carboxylic acids is 1. The zero-order chi connectivity index (χ0) is 14.0. The molecule has 0 radical (unpaired) electrons. The van der Waals surface area contributed by atoms with Crippen LogP contribution in [-0.4, -0.2) is 11.1 Å². The van der Waals surface area contributed by atoms with Gasteiger partial charge in [0.25, 0.3) is 0 Å². The minimum absolute atomic E-state index is 0.146. The fourth-order valence-corrected chi connectivity index (χ4v) is 6.01. The molecular weight excluding hydrogens is 363 g/mol. The molecule has 3 heteroatoms. The van der Waals surface area contributed by atoms with Crippen molar-refractivity contribution in [3.05, 3.63) is 33.4 Å². The first-order valence-corrected chi connectivity index (χ1v) is 8.59. The molecule has 0 spiro atoms. The third kappa shape index (κ3) is 1.78. The van der Waals surface area contributed by atoms with Crippen molar-refractivity contribution in [2.24, 2.45) is 17.3 Å². The molecule has 4 bridgehead atoms. The second-order valence-corrected chi connectivity index (χ2v) is 8.58. The number of carbonyl (C=O) groups is 1. The smallest absolute Gasteiger partial charge is 0.309 e. The molecule has 4 aliphatic carbocycles. The highest BCUT2D eigenvalue weighted by molar-refractivity contribution is 14.1. The Bertz CT molecular complexity index is 549. The van der Waals surface area contributed by atoms with E-state index in [1.54, 1.807) is 0 Å². The van der Waals surface area contributed by atoms with Crippen molar-refractivity contribution in [3.8, 4) is 0 Å². The molecule has 5 rings (SSSR count). The molecule has 4 saturated carbocycles. The Morgan fingerprint density at radius 2 is 1.70 bits per heavy atom. The maximum Gasteiger partial charge on any atom is 0.309 e. The maximum absolute atomic E-state index is 11.9. The van der Waals surface area contributed by atoms with E-state index in [0.29, 0.717) is 11.8 Å². The lowest BCUT2D eigenvalue weighted by atomic mass is 9.43. The van der Waals surface area contributed by atoms with Gasteiger partial charge in [0.2, 0.25) is 0 Å². The van der Waals surface area contributed by atoms with E-state index in [1.165, 1.54) is 28.4 Å². The first kappa shape index (κ1) is 13.1. The van der Waals surface area contributed by atoms with Gasteiger partial charge in [0.15, 0.2) is 0 Å². The standard InChI is InChI=1S/C17H19IO2/c18-14-3-1-13(2-4-14)16-6-11-5-12(7-16)9-17(8-11,10-16)15(19)20/h1-4,11-12H,5-10H2,(H,19,20). The molecule has 1 aromatic carbocycles. The average molecular weight is 382 g/mol. The number of carboxylic acid groups (broad SMARTS) is 1. The van der Waals surface area contributed by atoms with E-state index in [-0.39, 0.29) is 5.41 Å². The zero-order valence-electron chi connectivity index (χ0n) is 11.4. The lowest BCUT2D eigenvalue weighted by Gasteiger charge is -2.60. The zero-order valence-corrected chi connectivity index (χ0v) is 13.6. The molecule has 2 unspecified atom stereocenters. The van der Waals surface area contributed by atoms with Crippen molar-refractivity contribution in [2.75, 3.05) is 0 Å². The summed E-state index contributed by atoms with van der Waals surface area (Å²) in [7, 11) is 0. The fourth-order valence-electron chi connectivity index (χ4n) is 5.65. The summed E-state index contributed by atoms with van der Waals surface area (Å²) in [6.45, 7) is 0. The molecule has 1 N–H and O–H groups in total. The Morgan fingerprint density at radius 3 is 2.25 bits per heavy atom. The van der Waals surface area contributed by atoms with Crippen LogP contribution in [0.2, 0.25) is 0 Å². The van der Waals surface area contributed by atoms with Crippen LogP contribution in [-0.2, 0) is 10.2 Å². The second kappa shape index (κ2) is 4.21. The van der Waals surface area contributed by atoms with Crippen molar-refractivity contribution in [1.29, 1.82) is 0 Å². The van der Waals surface area contributed by atoms with Gasteiger partial charge < -0.3 is 5.11 Å². The summed E-state index contributed by atoms with van der Waals surface area (Å²) in [6, 6.07) is 8.82. The van der Waals surface area contributed by atoms with Gasteiger partial charge in [-0.25, -0.2) is 0 Å². The Kier molecular flexibility index (Phi) is 2.76. The lowest BCUT2D eigenvalue weighted by molar-refractivity contribution is -0.167. The Hall–Kier alpha value is -0.580. The van der Waals surface area contributed by atoms with E-state index in [1.807, 2.05) is 0 Å². The van der Waals surface area contributed by atoms with Crippen LogP contribution in [0.1, 0.15) is 44.1 Å². The van der Waals surface area contributed by atoms with Crippen LogP contribution >= 0.6 is 22.6 Å². The molecule has 20 heavy (non-hydrogen) atoms. The molecule has 0 heterocycles. The summed E-state index contributed by atoms with van der Waals surface area (Å²) in [5.41, 5.74) is 1.11. The van der Waals surface area contributed by atoms with Gasteiger partial charge in [0, 0.05) is 3.57 Å². The molecule has 2 nitrogen and oxygen atoms in total. The lowest BCUT2D eigenvalue weighted by Crippen LogP contribution is -2.56. The Morgan fingerprint density at radius 1 is 1.10 bits per heavy atom. The summed E-state index contributed by atoms with van der Waals surface area (Å²) in [4.78, 5) is 11.9. The van der Waals surface area contributed by atoms with E-state index in [9.17, 15) is 9.90 Å². The third-order valence-corrected chi connectivity index (χ3v) is 6.69. The molecule has 4 fully saturated rings. The van der Waals surface area contributed by atoms with Gasteiger partial charge in [-0.15, -0.1) is 0 Å². The SMILES string of the molecule is O=C(O)C12CC3CC(C1)CC(c1ccc(I)cc1)(C3)C2. The van der Waals surface area contributed by atoms with Crippen LogP contribution in [0.15, 0.2) is 24.3 Å². The third-order valence-electron chi connectivity index (χ3n) is 5.97. The molecule has 4 aliphatic rings. The quantitative estimate of drug-likeness (QED) is 0.778. The van der Waals surface area contributed by atoms with Gasteiger partial charge in [0.05, 0.1) is 5.41 Å². The molecular formula is C17H19IO2. The number of rotatable bonds is 2. The topological polar surface area (TPSA) is 37.3 Å². The summed E-state index contributed by atoms with van der Waals surface area (Å²) in [5, 5.41) is 9.78. The monoisotopic (exact) mass is 382 g/mol. The molecule has 1 aromatic rings. The van der Waals surface area contributed by atoms with Gasteiger partial charge in [-0.2, -0.15) is 0 Å². The summed E-state index contributed by atoms with van der Waals surface area (Å²) in [6.07, 6.45) is 6.39. The minimum atomic E-state index is -0.540. The van der Waals surface area contributed by atoms with Gasteiger partial charge in [-0.05, 0) is 96.1 Å². The van der Waals surface area contributed by atoms with E-state index >= 15 is 0 Å². The number of hydrogen-bond acceptors (Lipinski definition) is 1. The summed E-state index contributed by atoms with van der Waals surface area (Å²) in [5.74, 6) is 0.722. The molecule has 0 aromatic heterocycles. The summed E-state index contributed by atoms with van der Waals surface area (Å²) < 4.78 is 1.25. The normalized spacial score (nSPS) is 41.9. The van der Waals surface area contributed by atoms with E-state index < -0.39 is 11.4 Å². The predicted octanol–water partition coefficient (Wildman–Crippen LogP) is 4.21. The van der Waals surface area contributed by atoms with Crippen LogP contribution in [0.3, 0.4) is 0 Å². The highest BCUT2D eigenvalue weighted by Gasteiger charge is 2.61. The van der Waals surface area contributed by atoms with Crippen molar-refractivity contribution in [3.63, 3.8) is 0 Å². The van der Waals surface area contributed by atoms with E-state index in [0.717, 1.165) is 19.3 Å². The van der Waals surface area contributed by atoms with Crippen LogP contribution < -0.4 is 0 Å². The maximum atomic E-state index is 11.9. The fraction of sp³-hybridized carbons (Fsp3) is 0.588. The number of hydrogen-bond donors (Lipinski definition) is 1. The van der Waals surface area contributed by atoms with Crippen molar-refractivity contribution in [1.82, 2.24) is 0 Å². The molecule has 106 valence electrons. The predicted molar refractivity (Wildman–Crippen MR) is 85.6 cm³/mol. The largest absolute Gasteiger partial charge is 0.481 e. The van der Waals surface area contributed by atoms with Gasteiger partial charge in [-0.3, -0.25) is 4.79 Å². The number of carboxylic acids is 1. The second-order valence-electron chi connectivity index (χ2n) is 7.33. The van der Waals surface area contributed by atoms with Crippen LogP contribution in [0.25, 0.3) is 0 Å². The van der Waals surface area contributed by atoms with Gasteiger partial charge >= 0.3 is 5.97 Å².